The van der Waals surface area contributed by atoms with Crippen LogP contribution in [0, 0.1) is 0 Å². The molecule has 1 aromatic heterocycles. The Morgan fingerprint density at radius 1 is 0.840 bits per heavy atom. The van der Waals surface area contributed by atoms with Gasteiger partial charge in [-0.25, -0.2) is 4.98 Å². The van der Waals surface area contributed by atoms with Crippen molar-refractivity contribution >= 4 is 39.7 Å². The van der Waals surface area contributed by atoms with Crippen molar-refractivity contribution in [3.8, 4) is 0 Å². The Balaban J connectivity index is 1.39. The quantitative estimate of drug-likeness (QED) is 0.713. The summed E-state index contributed by atoms with van der Waals surface area (Å²) >= 11 is 5.56. The number of nitrogens with zero attached hydrogens (tertiary/aromatic N) is 3. The van der Waals surface area contributed by atoms with Crippen LogP contribution in [-0.4, -0.2) is 41.2 Å². The number of nitrogens with one attached hydrogen (secondary N) is 1. The van der Waals surface area contributed by atoms with Crippen LogP contribution in [0.25, 0.3) is 10.9 Å². The average molecular weight is 348 g/mol. The summed E-state index contributed by atoms with van der Waals surface area (Å²) < 4.78 is 0. The zero-order valence-electron chi connectivity index (χ0n) is 13.9. The van der Waals surface area contributed by atoms with E-state index in [2.05, 4.69) is 39.4 Å². The van der Waals surface area contributed by atoms with Gasteiger partial charge < -0.3 is 15.1 Å². The van der Waals surface area contributed by atoms with Crippen molar-refractivity contribution in [3.05, 3.63) is 66.7 Å². The lowest BCUT2D eigenvalue weighted by molar-refractivity contribution is 0.389. The summed E-state index contributed by atoms with van der Waals surface area (Å²) in [6, 6.07) is 22.6. The number of thiocarbonyl (C=S) groups is 1. The molecular weight excluding hydrogens is 328 g/mol. The first-order valence-corrected chi connectivity index (χ1v) is 8.92. The van der Waals surface area contributed by atoms with Gasteiger partial charge in [-0.05, 0) is 42.5 Å². The van der Waals surface area contributed by atoms with Crippen molar-refractivity contribution in [1.29, 1.82) is 0 Å². The van der Waals surface area contributed by atoms with E-state index in [9.17, 15) is 0 Å². The lowest BCUT2D eigenvalue weighted by atomic mass is 10.2. The molecule has 0 saturated carbocycles. The largest absolute Gasteiger partial charge is 0.353 e. The zero-order chi connectivity index (χ0) is 17.1. The number of rotatable bonds is 2. The number of hydrogen-bond donors (Lipinski definition) is 1. The lowest BCUT2D eigenvalue weighted by Crippen LogP contribution is -2.50. The van der Waals surface area contributed by atoms with E-state index in [-0.39, 0.29) is 0 Å². The molecule has 1 saturated heterocycles. The second-order valence-electron chi connectivity index (χ2n) is 6.13. The summed E-state index contributed by atoms with van der Waals surface area (Å²) in [5.41, 5.74) is 2.08. The normalized spacial score (nSPS) is 14.6. The van der Waals surface area contributed by atoms with E-state index in [0.29, 0.717) is 0 Å². The molecule has 0 spiro atoms. The number of piperazine rings is 1. The molecule has 2 aromatic carbocycles. The molecule has 1 N–H and O–H groups in total. The van der Waals surface area contributed by atoms with Crippen molar-refractivity contribution in [2.45, 2.75) is 0 Å². The smallest absolute Gasteiger partial charge is 0.173 e. The first-order valence-electron chi connectivity index (χ1n) is 8.51. The van der Waals surface area contributed by atoms with E-state index in [1.165, 1.54) is 5.39 Å². The molecule has 0 amide bonds. The fourth-order valence-corrected chi connectivity index (χ4v) is 3.39. The summed E-state index contributed by atoms with van der Waals surface area (Å²) in [7, 11) is 0. The summed E-state index contributed by atoms with van der Waals surface area (Å²) in [6.45, 7) is 3.63. The third-order valence-electron chi connectivity index (χ3n) is 4.50. The van der Waals surface area contributed by atoms with E-state index in [4.69, 9.17) is 17.2 Å². The Labute approximate surface area is 153 Å². The highest BCUT2D eigenvalue weighted by atomic mass is 32.1. The van der Waals surface area contributed by atoms with Crippen molar-refractivity contribution in [2.75, 3.05) is 36.4 Å². The number of hydrogen-bond acceptors (Lipinski definition) is 3. The molecule has 1 aliphatic rings. The molecule has 3 aromatic rings. The van der Waals surface area contributed by atoms with Gasteiger partial charge in [0.1, 0.15) is 5.82 Å². The second-order valence-corrected chi connectivity index (χ2v) is 6.52. The summed E-state index contributed by atoms with van der Waals surface area (Å²) in [5.74, 6) is 1.04. The highest BCUT2D eigenvalue weighted by Gasteiger charge is 2.20. The molecule has 4 nitrogen and oxygen atoms in total. The minimum Gasteiger partial charge on any atom is -0.353 e. The fourth-order valence-electron chi connectivity index (χ4n) is 3.09. The van der Waals surface area contributed by atoms with Gasteiger partial charge in [-0.15, -0.1) is 0 Å². The molecule has 1 fully saturated rings. The van der Waals surface area contributed by atoms with Gasteiger partial charge in [0.2, 0.25) is 0 Å². The van der Waals surface area contributed by atoms with E-state index in [1.807, 2.05) is 42.5 Å². The molecule has 0 unspecified atom stereocenters. The van der Waals surface area contributed by atoms with Gasteiger partial charge in [0.05, 0.1) is 5.52 Å². The van der Waals surface area contributed by atoms with Crippen molar-refractivity contribution in [3.63, 3.8) is 0 Å². The van der Waals surface area contributed by atoms with Crippen LogP contribution in [-0.2, 0) is 0 Å². The number of pyridine rings is 1. The molecule has 25 heavy (non-hydrogen) atoms. The Hall–Kier alpha value is -2.66. The molecule has 0 bridgehead atoms. The minimum absolute atomic E-state index is 0.789. The monoisotopic (exact) mass is 348 g/mol. The number of aromatic nitrogens is 1. The summed E-state index contributed by atoms with van der Waals surface area (Å²) in [4.78, 5) is 9.35. The van der Waals surface area contributed by atoms with Crippen LogP contribution < -0.4 is 10.2 Å². The van der Waals surface area contributed by atoms with Crippen molar-refractivity contribution < 1.29 is 0 Å². The number of fused-ring (bicyclic) bond motifs is 1. The van der Waals surface area contributed by atoms with Crippen LogP contribution in [0.2, 0.25) is 0 Å². The molecule has 5 heteroatoms. The molecule has 0 aliphatic carbocycles. The van der Waals surface area contributed by atoms with Crippen LogP contribution in [0.15, 0.2) is 66.7 Å². The first-order chi connectivity index (χ1) is 12.3. The predicted molar refractivity (Wildman–Crippen MR) is 108 cm³/mol. The number of anilines is 2. The highest BCUT2D eigenvalue weighted by molar-refractivity contribution is 7.80. The topological polar surface area (TPSA) is 31.4 Å². The predicted octanol–water partition coefficient (Wildman–Crippen LogP) is 3.75. The first kappa shape index (κ1) is 15.8. The van der Waals surface area contributed by atoms with Gasteiger partial charge in [-0.1, -0.05) is 36.4 Å². The SMILES string of the molecule is S=C(Nc1ccccc1)N1CCN(c2ccc3ccccc3n2)CC1. The molecule has 0 atom stereocenters. The standard InChI is InChI=1S/C20H20N4S/c25-20(21-17-7-2-1-3-8-17)24-14-12-23(13-15-24)19-11-10-16-6-4-5-9-18(16)22-19/h1-11H,12-15H2,(H,21,25). The summed E-state index contributed by atoms with van der Waals surface area (Å²) in [6.07, 6.45) is 0. The average Bonchev–Trinajstić information content (AvgIpc) is 2.68. The highest BCUT2D eigenvalue weighted by Crippen LogP contribution is 2.19. The molecule has 126 valence electrons. The maximum absolute atomic E-state index is 5.56. The second kappa shape index (κ2) is 7.07. The van der Waals surface area contributed by atoms with Gasteiger partial charge in [0.15, 0.2) is 5.11 Å². The van der Waals surface area contributed by atoms with Crippen LogP contribution >= 0.6 is 12.2 Å². The Kier molecular flexibility index (Phi) is 4.48. The van der Waals surface area contributed by atoms with Crippen molar-refractivity contribution in [1.82, 2.24) is 9.88 Å². The van der Waals surface area contributed by atoms with Crippen LogP contribution in [0.4, 0.5) is 11.5 Å². The third-order valence-corrected chi connectivity index (χ3v) is 4.86. The molecular formula is C20H20N4S. The summed E-state index contributed by atoms with van der Waals surface area (Å²) in [5, 5.41) is 5.28. The number of para-hydroxylation sites is 2. The zero-order valence-corrected chi connectivity index (χ0v) is 14.7. The van der Waals surface area contributed by atoms with E-state index < -0.39 is 0 Å². The van der Waals surface area contributed by atoms with E-state index >= 15 is 0 Å². The Morgan fingerprint density at radius 2 is 1.56 bits per heavy atom. The van der Waals surface area contributed by atoms with Gasteiger partial charge >= 0.3 is 0 Å². The minimum atomic E-state index is 0.789. The van der Waals surface area contributed by atoms with Crippen LogP contribution in [0.1, 0.15) is 0 Å². The maximum Gasteiger partial charge on any atom is 0.173 e. The van der Waals surface area contributed by atoms with E-state index in [0.717, 1.165) is 48.3 Å². The fraction of sp³-hybridized carbons (Fsp3) is 0.200. The Morgan fingerprint density at radius 3 is 2.36 bits per heavy atom. The molecule has 2 heterocycles. The van der Waals surface area contributed by atoms with Crippen molar-refractivity contribution in [2.24, 2.45) is 0 Å². The van der Waals surface area contributed by atoms with Crippen LogP contribution in [0.5, 0.6) is 0 Å². The van der Waals surface area contributed by atoms with E-state index in [1.54, 1.807) is 0 Å². The third kappa shape index (κ3) is 3.56. The van der Waals surface area contributed by atoms with Gasteiger partial charge in [0, 0.05) is 37.3 Å². The lowest BCUT2D eigenvalue weighted by Gasteiger charge is -2.36. The van der Waals surface area contributed by atoms with Gasteiger partial charge in [-0.2, -0.15) is 0 Å². The van der Waals surface area contributed by atoms with Gasteiger partial charge in [-0.3, -0.25) is 0 Å². The van der Waals surface area contributed by atoms with Crippen LogP contribution in [0.3, 0.4) is 0 Å². The number of benzene rings is 2. The molecule has 4 rings (SSSR count). The van der Waals surface area contributed by atoms with Gasteiger partial charge in [0.25, 0.3) is 0 Å². The molecule has 1 aliphatic heterocycles. The maximum atomic E-state index is 5.56. The molecule has 0 radical (unpaired) electrons. The Bertz CT molecular complexity index is 873.